The van der Waals surface area contributed by atoms with E-state index in [-0.39, 0.29) is 21.7 Å². The van der Waals surface area contributed by atoms with Crippen LogP contribution in [0.25, 0.3) is 0 Å². The van der Waals surface area contributed by atoms with Crippen molar-refractivity contribution in [3.63, 3.8) is 0 Å². The van der Waals surface area contributed by atoms with Crippen molar-refractivity contribution in [3.8, 4) is 11.5 Å². The maximum atomic E-state index is 11.3. The van der Waals surface area contributed by atoms with Gasteiger partial charge in [-0.1, -0.05) is 171 Å². The van der Waals surface area contributed by atoms with Crippen LogP contribution in [0.1, 0.15) is 156 Å². The molecular weight excluding hydrogens is 541 g/mol. The molecule has 43 heavy (non-hydrogen) atoms. The molecule has 0 aromatic heterocycles. The van der Waals surface area contributed by atoms with Gasteiger partial charge in [-0.2, -0.15) is 0 Å². The first-order chi connectivity index (χ1) is 19.6. The van der Waals surface area contributed by atoms with Crippen molar-refractivity contribution in [1.82, 2.24) is 0 Å². The Morgan fingerprint density at radius 1 is 0.465 bits per heavy atom. The molecule has 0 radical (unpaired) electrons. The molecule has 0 heterocycles. The zero-order chi connectivity index (χ0) is 33.0. The van der Waals surface area contributed by atoms with Gasteiger partial charge in [-0.05, 0) is 67.9 Å². The molecule has 2 nitrogen and oxygen atoms in total. The molecule has 3 heteroatoms. The molecule has 0 fully saturated rings. The van der Waals surface area contributed by atoms with Crippen LogP contribution < -0.4 is 0 Å². The minimum absolute atomic E-state index is 0.104. The van der Waals surface area contributed by atoms with Crippen LogP contribution in [0.4, 0.5) is 0 Å². The average molecular weight is 609 g/mol. The topological polar surface area (TPSA) is 40.5 Å². The summed E-state index contributed by atoms with van der Waals surface area (Å²) in [6.45, 7) is 31.3. The van der Waals surface area contributed by atoms with Gasteiger partial charge >= 0.3 is 0 Å². The van der Waals surface area contributed by atoms with Crippen LogP contribution in [0.5, 0.6) is 11.5 Å². The van der Waals surface area contributed by atoms with Gasteiger partial charge in [0, 0.05) is 0 Å². The van der Waals surface area contributed by atoms with Gasteiger partial charge in [0.2, 0.25) is 0 Å². The zero-order valence-corrected chi connectivity index (χ0v) is 31.8. The van der Waals surface area contributed by atoms with Gasteiger partial charge in [0.25, 0.3) is 0 Å². The summed E-state index contributed by atoms with van der Waals surface area (Å²) in [5.41, 5.74) is 6.70. The van der Waals surface area contributed by atoms with Gasteiger partial charge in [0.15, 0.2) is 0 Å². The molecule has 0 atom stereocenters. The number of aromatic hydroxyl groups is 2. The number of phenolic OH excluding ortho intramolecular Hbond substituents is 2. The van der Waals surface area contributed by atoms with Crippen molar-refractivity contribution >= 4 is 8.07 Å². The summed E-state index contributed by atoms with van der Waals surface area (Å²) in [7, 11) is -1.61. The molecule has 0 aliphatic rings. The van der Waals surface area contributed by atoms with Crippen molar-refractivity contribution in [1.29, 1.82) is 0 Å². The first-order valence-electron chi connectivity index (χ1n) is 17.3. The molecule has 2 N–H and O–H groups in total. The molecule has 2 aromatic rings. The van der Waals surface area contributed by atoms with E-state index in [1.165, 1.54) is 61.0 Å². The van der Waals surface area contributed by atoms with Gasteiger partial charge in [-0.3, -0.25) is 0 Å². The highest BCUT2D eigenvalue weighted by Gasteiger charge is 2.33. The van der Waals surface area contributed by atoms with Crippen LogP contribution in [0.3, 0.4) is 0 Å². The van der Waals surface area contributed by atoms with Crippen LogP contribution in [0, 0.1) is 0 Å². The van der Waals surface area contributed by atoms with Gasteiger partial charge in [-0.15, -0.1) is 0 Å². The van der Waals surface area contributed by atoms with Gasteiger partial charge in [0.1, 0.15) is 11.5 Å². The molecule has 2 aromatic carbocycles. The van der Waals surface area contributed by atoms with Crippen LogP contribution >= 0.6 is 0 Å². The molecule has 0 aliphatic heterocycles. The number of hydrogen-bond donors (Lipinski definition) is 2. The average Bonchev–Trinajstić information content (AvgIpc) is 2.86. The molecule has 0 unspecified atom stereocenters. The number of hydrogen-bond acceptors (Lipinski definition) is 2. The first-order valence-corrected chi connectivity index (χ1v) is 20.1. The summed E-state index contributed by atoms with van der Waals surface area (Å²) in [4.78, 5) is 0. The maximum absolute atomic E-state index is 11.3. The van der Waals surface area contributed by atoms with E-state index in [9.17, 15) is 10.2 Å². The second-order valence-electron chi connectivity index (χ2n) is 17.8. The molecule has 0 saturated carbocycles. The number of benzene rings is 2. The van der Waals surface area contributed by atoms with Crippen molar-refractivity contribution in [2.75, 3.05) is 0 Å². The number of aryl methyl sites for hydroxylation is 2. The van der Waals surface area contributed by atoms with E-state index in [0.717, 1.165) is 35.1 Å². The molecule has 2 rings (SSSR count). The lowest BCUT2D eigenvalue weighted by atomic mass is 9.78. The second kappa shape index (κ2) is 14.1. The van der Waals surface area contributed by atoms with E-state index in [1.54, 1.807) is 0 Å². The van der Waals surface area contributed by atoms with Crippen LogP contribution in [-0.2, 0) is 34.5 Å². The molecule has 244 valence electrons. The standard InChI is InChI=1S/C40H68O2Si/c1-15-17-21-43(22-18-16-2,23-19-29-25-31(37(3,4)5)35(41)32(26-29)38(6,7)8)24-20-30-27-33(39(9,10)11)36(42)34(28-30)40(12,13)14/h25-28,41-42H,15-24H2,1-14H3. The molecule has 0 saturated heterocycles. The lowest BCUT2D eigenvalue weighted by molar-refractivity contribution is 0.422. The Morgan fingerprint density at radius 3 is 0.930 bits per heavy atom. The summed E-state index contributed by atoms with van der Waals surface area (Å²) in [5.74, 6) is 0.974. The van der Waals surface area contributed by atoms with E-state index in [0.29, 0.717) is 11.5 Å². The number of rotatable bonds is 12. The molecule has 0 amide bonds. The van der Waals surface area contributed by atoms with Crippen LogP contribution in [0.2, 0.25) is 24.2 Å². The Labute approximate surface area is 268 Å². The van der Waals surface area contributed by atoms with Crippen molar-refractivity contribution in [3.05, 3.63) is 57.6 Å². The molecule has 0 spiro atoms. The van der Waals surface area contributed by atoms with E-state index in [4.69, 9.17) is 0 Å². The lowest BCUT2D eigenvalue weighted by Crippen LogP contribution is -2.35. The lowest BCUT2D eigenvalue weighted by Gasteiger charge is -2.34. The minimum atomic E-state index is -1.61. The quantitative estimate of drug-likeness (QED) is 0.235. The highest BCUT2D eigenvalue weighted by atomic mass is 28.3. The second-order valence-corrected chi connectivity index (χ2v) is 22.8. The Balaban J connectivity index is 2.56. The number of unbranched alkanes of at least 4 members (excludes halogenated alkanes) is 2. The molecule has 0 bridgehead atoms. The van der Waals surface area contributed by atoms with Crippen molar-refractivity contribution < 1.29 is 10.2 Å². The third-order valence-corrected chi connectivity index (χ3v) is 15.0. The predicted octanol–water partition coefficient (Wildman–Crippen LogP) is 12.1. The van der Waals surface area contributed by atoms with Gasteiger partial charge in [-0.25, -0.2) is 0 Å². The molecule has 0 aliphatic carbocycles. The van der Waals surface area contributed by atoms with E-state index in [1.807, 2.05) is 0 Å². The fourth-order valence-corrected chi connectivity index (χ4v) is 12.0. The summed E-state index contributed by atoms with van der Waals surface area (Å²) in [6, 6.07) is 14.7. The summed E-state index contributed by atoms with van der Waals surface area (Å²) < 4.78 is 0. The predicted molar refractivity (Wildman–Crippen MR) is 193 cm³/mol. The highest BCUT2D eigenvalue weighted by Crippen LogP contribution is 2.43. The van der Waals surface area contributed by atoms with Gasteiger partial charge in [0.05, 0.1) is 8.07 Å². The Kier molecular flexibility index (Phi) is 12.3. The monoisotopic (exact) mass is 608 g/mol. The zero-order valence-electron chi connectivity index (χ0n) is 30.8. The normalized spacial score (nSPS) is 13.5. The van der Waals surface area contributed by atoms with E-state index >= 15 is 0 Å². The van der Waals surface area contributed by atoms with E-state index in [2.05, 4.69) is 121 Å². The first kappa shape index (κ1) is 37.4. The summed E-state index contributed by atoms with van der Waals surface area (Å²) in [6.07, 6.45) is 7.35. The Bertz CT molecular complexity index is 1030. The Hall–Kier alpha value is -1.74. The number of phenols is 2. The Morgan fingerprint density at radius 2 is 0.721 bits per heavy atom. The molecular formula is C40H68O2Si. The minimum Gasteiger partial charge on any atom is -0.507 e. The largest absolute Gasteiger partial charge is 0.507 e. The fraction of sp³-hybridized carbons (Fsp3) is 0.700. The van der Waals surface area contributed by atoms with Crippen LogP contribution in [0.15, 0.2) is 24.3 Å². The fourth-order valence-electron chi connectivity index (χ4n) is 6.64. The van der Waals surface area contributed by atoms with Crippen LogP contribution in [-0.4, -0.2) is 18.3 Å². The van der Waals surface area contributed by atoms with Crippen molar-refractivity contribution in [2.24, 2.45) is 0 Å². The summed E-state index contributed by atoms with van der Waals surface area (Å²) in [5, 5.41) is 22.6. The smallest absolute Gasteiger partial charge is 0.123 e. The highest BCUT2D eigenvalue weighted by molar-refractivity contribution is 6.79. The van der Waals surface area contributed by atoms with E-state index < -0.39 is 8.07 Å². The third-order valence-electron chi connectivity index (χ3n) is 9.58. The van der Waals surface area contributed by atoms with Crippen molar-refractivity contribution in [2.45, 2.75) is 181 Å². The SMILES string of the molecule is CCCC[Si](CCCC)(CCc1cc(C(C)(C)C)c(O)c(C(C)(C)C)c1)CCc1cc(C(C)(C)C)c(O)c(C(C)(C)C)c1. The van der Waals surface area contributed by atoms with Gasteiger partial charge < -0.3 is 10.2 Å². The third kappa shape index (κ3) is 10.1. The maximum Gasteiger partial charge on any atom is 0.123 e. The summed E-state index contributed by atoms with van der Waals surface area (Å²) >= 11 is 0.